The minimum absolute atomic E-state index is 0.0321. The maximum atomic E-state index is 13.0. The first kappa shape index (κ1) is 21.5. The summed E-state index contributed by atoms with van der Waals surface area (Å²) in [5.74, 6) is -0.557. The highest BCUT2D eigenvalue weighted by Crippen LogP contribution is 2.13. The molecule has 0 fully saturated rings. The molecule has 152 valence electrons. The van der Waals surface area contributed by atoms with E-state index >= 15 is 0 Å². The van der Waals surface area contributed by atoms with Crippen LogP contribution in [0.25, 0.3) is 0 Å². The van der Waals surface area contributed by atoms with Crippen molar-refractivity contribution in [1.82, 2.24) is 4.90 Å². The molecule has 0 bridgehead atoms. The molecule has 1 N–H and O–H groups in total. The van der Waals surface area contributed by atoms with Gasteiger partial charge < -0.3 is 10.2 Å². The van der Waals surface area contributed by atoms with Crippen molar-refractivity contribution >= 4 is 39.2 Å². The number of ketones is 1. The molecule has 0 radical (unpaired) electrons. The van der Waals surface area contributed by atoms with Crippen molar-refractivity contribution in [2.75, 3.05) is 17.2 Å². The van der Waals surface area contributed by atoms with Crippen LogP contribution in [0.2, 0.25) is 0 Å². The molecule has 0 saturated carbocycles. The highest BCUT2D eigenvalue weighted by atomic mass is 79.9. The van der Waals surface area contributed by atoms with Gasteiger partial charge >= 0.3 is 0 Å². The molecule has 30 heavy (non-hydrogen) atoms. The third-order valence-corrected chi connectivity index (χ3v) is 4.98. The van der Waals surface area contributed by atoms with Gasteiger partial charge in [0, 0.05) is 23.4 Å². The second-order valence-electron chi connectivity index (χ2n) is 6.70. The number of benzene rings is 3. The maximum Gasteiger partial charge on any atom is 0.254 e. The third kappa shape index (κ3) is 5.87. The second-order valence-corrected chi connectivity index (χ2v) is 7.26. The summed E-state index contributed by atoms with van der Waals surface area (Å²) in [5.41, 5.74) is 2.60. The lowest BCUT2D eigenvalue weighted by Crippen LogP contribution is -2.37. The molecule has 3 aromatic rings. The number of anilines is 1. The molecule has 5 nitrogen and oxygen atoms in total. The number of alkyl halides is 1. The number of hydrogen-bond acceptors (Lipinski definition) is 3. The Morgan fingerprint density at radius 3 is 1.97 bits per heavy atom. The molecule has 0 unspecified atom stereocenters. The Morgan fingerprint density at radius 2 is 1.37 bits per heavy atom. The number of amides is 2. The van der Waals surface area contributed by atoms with Crippen LogP contribution in [-0.2, 0) is 11.3 Å². The SMILES string of the molecule is O=C(CN(Cc1ccccc1)C(=O)c1ccccc1)Nc1ccc(C(=O)CBr)cc1. The lowest BCUT2D eigenvalue weighted by atomic mass is 10.1. The summed E-state index contributed by atoms with van der Waals surface area (Å²) in [6.45, 7) is 0.228. The Hall–Kier alpha value is -3.25. The predicted molar refractivity (Wildman–Crippen MR) is 121 cm³/mol. The topological polar surface area (TPSA) is 66.5 Å². The molecule has 0 aliphatic rings. The quantitative estimate of drug-likeness (QED) is 0.392. The molecular weight excluding hydrogens is 444 g/mol. The molecule has 0 aliphatic carbocycles. The van der Waals surface area contributed by atoms with Gasteiger partial charge in [-0.1, -0.05) is 64.5 Å². The molecular formula is C24H21BrN2O3. The lowest BCUT2D eigenvalue weighted by molar-refractivity contribution is -0.117. The number of hydrogen-bond donors (Lipinski definition) is 1. The van der Waals surface area contributed by atoms with Gasteiger partial charge in [-0.3, -0.25) is 14.4 Å². The first-order valence-corrected chi connectivity index (χ1v) is 10.6. The van der Waals surface area contributed by atoms with Crippen LogP contribution >= 0.6 is 15.9 Å². The van der Waals surface area contributed by atoms with Gasteiger partial charge in [0.05, 0.1) is 5.33 Å². The van der Waals surface area contributed by atoms with Crippen LogP contribution in [0.3, 0.4) is 0 Å². The van der Waals surface area contributed by atoms with Gasteiger partial charge in [0.15, 0.2) is 5.78 Å². The monoisotopic (exact) mass is 464 g/mol. The largest absolute Gasteiger partial charge is 0.325 e. The van der Waals surface area contributed by atoms with Gasteiger partial charge in [-0.15, -0.1) is 0 Å². The van der Waals surface area contributed by atoms with Gasteiger partial charge in [-0.25, -0.2) is 0 Å². The van der Waals surface area contributed by atoms with Crippen LogP contribution in [-0.4, -0.2) is 34.4 Å². The predicted octanol–water partition coefficient (Wildman–Crippen LogP) is 4.55. The van der Waals surface area contributed by atoms with Crippen LogP contribution < -0.4 is 5.32 Å². The summed E-state index contributed by atoms with van der Waals surface area (Å²) in [5, 5.41) is 3.04. The number of Topliss-reactive ketones (excluding diaryl/α,β-unsaturated/α-hetero) is 1. The standard InChI is InChI=1S/C24H21BrN2O3/c25-15-22(28)19-11-13-21(14-12-19)26-23(29)17-27(16-18-7-3-1-4-8-18)24(30)20-9-5-2-6-10-20/h1-14H,15-17H2,(H,26,29). The molecule has 0 heterocycles. The molecule has 0 saturated heterocycles. The van der Waals surface area contributed by atoms with Crippen molar-refractivity contribution in [3.05, 3.63) is 102 Å². The van der Waals surface area contributed by atoms with E-state index in [9.17, 15) is 14.4 Å². The summed E-state index contributed by atoms with van der Waals surface area (Å²) in [6.07, 6.45) is 0. The number of carbonyl (C=O) groups excluding carboxylic acids is 3. The van der Waals surface area contributed by atoms with Crippen molar-refractivity contribution in [3.63, 3.8) is 0 Å². The van der Waals surface area contributed by atoms with Crippen LogP contribution in [0.5, 0.6) is 0 Å². The van der Waals surface area contributed by atoms with E-state index in [0.717, 1.165) is 5.56 Å². The zero-order valence-electron chi connectivity index (χ0n) is 16.3. The van der Waals surface area contributed by atoms with E-state index in [1.807, 2.05) is 36.4 Å². The lowest BCUT2D eigenvalue weighted by Gasteiger charge is -2.22. The van der Waals surface area contributed by atoms with Gasteiger partial charge in [-0.05, 0) is 42.0 Å². The number of rotatable bonds is 8. The summed E-state index contributed by atoms with van der Waals surface area (Å²) < 4.78 is 0. The Kier molecular flexibility index (Phi) is 7.51. The van der Waals surface area contributed by atoms with Crippen LogP contribution in [0.15, 0.2) is 84.9 Å². The molecule has 6 heteroatoms. The first-order valence-electron chi connectivity index (χ1n) is 9.44. The Labute approximate surface area is 183 Å². The van der Waals surface area contributed by atoms with Crippen molar-refractivity contribution in [2.45, 2.75) is 6.54 Å². The van der Waals surface area contributed by atoms with E-state index in [-0.39, 0.29) is 29.5 Å². The first-order chi connectivity index (χ1) is 14.6. The molecule has 3 rings (SSSR count). The summed E-state index contributed by atoms with van der Waals surface area (Å²) in [4.78, 5) is 38.9. The summed E-state index contributed by atoms with van der Waals surface area (Å²) >= 11 is 3.14. The maximum absolute atomic E-state index is 13.0. The van der Waals surface area contributed by atoms with E-state index in [0.29, 0.717) is 23.4 Å². The van der Waals surface area contributed by atoms with Crippen molar-refractivity contribution in [2.24, 2.45) is 0 Å². The van der Waals surface area contributed by atoms with Gasteiger partial charge in [0.1, 0.15) is 6.54 Å². The van der Waals surface area contributed by atoms with E-state index in [1.165, 1.54) is 4.90 Å². The number of nitrogens with zero attached hydrogens (tertiary/aromatic N) is 1. The molecule has 0 aliphatic heterocycles. The van der Waals surface area contributed by atoms with Gasteiger partial charge in [0.2, 0.25) is 5.91 Å². The molecule has 0 atom stereocenters. The third-order valence-electron chi connectivity index (χ3n) is 4.47. The smallest absolute Gasteiger partial charge is 0.254 e. The van der Waals surface area contributed by atoms with E-state index in [2.05, 4.69) is 21.2 Å². The van der Waals surface area contributed by atoms with Crippen molar-refractivity contribution in [1.29, 1.82) is 0 Å². The molecule has 0 aromatic heterocycles. The van der Waals surface area contributed by atoms with Crippen molar-refractivity contribution in [3.8, 4) is 0 Å². The van der Waals surface area contributed by atoms with E-state index in [1.54, 1.807) is 48.5 Å². The fourth-order valence-electron chi connectivity index (χ4n) is 2.96. The average Bonchev–Trinajstić information content (AvgIpc) is 2.79. The zero-order valence-corrected chi connectivity index (χ0v) is 17.8. The highest BCUT2D eigenvalue weighted by molar-refractivity contribution is 9.09. The molecule has 3 aromatic carbocycles. The van der Waals surface area contributed by atoms with E-state index < -0.39 is 0 Å². The zero-order chi connectivity index (χ0) is 21.3. The second kappa shape index (κ2) is 10.5. The summed E-state index contributed by atoms with van der Waals surface area (Å²) in [6, 6.07) is 25.1. The van der Waals surface area contributed by atoms with Gasteiger partial charge in [0.25, 0.3) is 5.91 Å². The molecule has 0 spiro atoms. The Balaban J connectivity index is 1.72. The van der Waals surface area contributed by atoms with Crippen LogP contribution in [0.1, 0.15) is 26.3 Å². The van der Waals surface area contributed by atoms with Crippen LogP contribution in [0, 0.1) is 0 Å². The van der Waals surface area contributed by atoms with Crippen LogP contribution in [0.4, 0.5) is 5.69 Å². The number of nitrogens with one attached hydrogen (secondary N) is 1. The number of carbonyl (C=O) groups is 3. The Bertz CT molecular complexity index is 1010. The highest BCUT2D eigenvalue weighted by Gasteiger charge is 2.19. The number of halogens is 1. The fourth-order valence-corrected chi connectivity index (χ4v) is 3.28. The minimum atomic E-state index is -0.310. The Morgan fingerprint density at radius 1 is 0.767 bits per heavy atom. The normalized spacial score (nSPS) is 10.3. The van der Waals surface area contributed by atoms with Crippen molar-refractivity contribution < 1.29 is 14.4 Å². The van der Waals surface area contributed by atoms with E-state index in [4.69, 9.17) is 0 Å². The average molecular weight is 465 g/mol. The molecule has 2 amide bonds. The fraction of sp³-hybridized carbons (Fsp3) is 0.125. The summed E-state index contributed by atoms with van der Waals surface area (Å²) in [7, 11) is 0. The van der Waals surface area contributed by atoms with Gasteiger partial charge in [-0.2, -0.15) is 0 Å². The minimum Gasteiger partial charge on any atom is -0.325 e.